The molecule has 2 aromatic carbocycles. The van der Waals surface area contributed by atoms with Crippen molar-refractivity contribution in [2.75, 3.05) is 11.9 Å². The van der Waals surface area contributed by atoms with Crippen LogP contribution in [0.1, 0.15) is 34.7 Å². The largest absolute Gasteiger partial charge is 3.00 e. The SMILES string of the molecule is CN1c2cccc(C3=C4SC4=[C-]C3)c2C2=Cc3cc(Br)ccc3C21.[Cl-].[Cl-].[Zr+3]. The molecule has 27 heavy (non-hydrogen) atoms. The van der Waals surface area contributed by atoms with Crippen molar-refractivity contribution in [1.82, 2.24) is 0 Å². The Morgan fingerprint density at radius 2 is 2.00 bits per heavy atom. The second-order valence-corrected chi connectivity index (χ2v) is 8.61. The van der Waals surface area contributed by atoms with Crippen molar-refractivity contribution in [3.8, 4) is 0 Å². The zero-order valence-corrected chi connectivity index (χ0v) is 20.7. The van der Waals surface area contributed by atoms with Crippen molar-refractivity contribution in [2.45, 2.75) is 12.5 Å². The molecule has 0 aromatic heterocycles. The summed E-state index contributed by atoms with van der Waals surface area (Å²) in [7, 11) is 2.22. The minimum Gasteiger partial charge on any atom is -1.00 e. The molecule has 4 aliphatic rings. The van der Waals surface area contributed by atoms with Gasteiger partial charge in [-0.25, -0.2) is 11.8 Å². The number of benzene rings is 2. The molecule has 1 radical (unpaired) electrons. The van der Waals surface area contributed by atoms with Gasteiger partial charge in [0.2, 0.25) is 0 Å². The molecular formula is C21H13BrCl2NSZr. The van der Waals surface area contributed by atoms with Gasteiger partial charge in [-0.05, 0) is 46.5 Å². The molecule has 2 aliphatic heterocycles. The van der Waals surface area contributed by atoms with Crippen molar-refractivity contribution in [3.63, 3.8) is 0 Å². The average Bonchev–Trinajstić information content (AvgIpc) is 2.97. The van der Waals surface area contributed by atoms with Gasteiger partial charge in [0.15, 0.2) is 0 Å². The predicted molar refractivity (Wildman–Crippen MR) is 105 cm³/mol. The Bertz CT molecular complexity index is 1060. The van der Waals surface area contributed by atoms with Crippen LogP contribution in [0.4, 0.5) is 5.69 Å². The molecule has 1 fully saturated rings. The van der Waals surface area contributed by atoms with Gasteiger partial charge in [-0.2, -0.15) is 4.91 Å². The van der Waals surface area contributed by atoms with Gasteiger partial charge in [0.25, 0.3) is 0 Å². The van der Waals surface area contributed by atoms with Gasteiger partial charge in [0.1, 0.15) is 0 Å². The maximum absolute atomic E-state index is 3.61. The summed E-state index contributed by atoms with van der Waals surface area (Å²) < 4.78 is 1.15. The molecule has 1 unspecified atom stereocenters. The number of thioether (sulfide) groups is 1. The van der Waals surface area contributed by atoms with Gasteiger partial charge in [-0.15, -0.1) is 10.5 Å². The molecular weight excluding hydrogens is 540 g/mol. The fourth-order valence-corrected chi connectivity index (χ4v) is 5.52. The van der Waals surface area contributed by atoms with Gasteiger partial charge in [0.05, 0.1) is 6.04 Å². The molecule has 1 atom stereocenters. The minimum absolute atomic E-state index is 0. The van der Waals surface area contributed by atoms with E-state index in [-0.39, 0.29) is 51.0 Å². The second kappa shape index (κ2) is 7.54. The smallest absolute Gasteiger partial charge is 1.00 e. The number of hydrogen-bond donors (Lipinski definition) is 0. The van der Waals surface area contributed by atoms with E-state index in [1.807, 2.05) is 11.8 Å². The number of nitrogens with zero attached hydrogens (tertiary/aromatic N) is 1. The van der Waals surface area contributed by atoms with Crippen LogP contribution < -0.4 is 29.7 Å². The van der Waals surface area contributed by atoms with Gasteiger partial charge >= 0.3 is 26.2 Å². The molecule has 0 N–H and O–H groups in total. The van der Waals surface area contributed by atoms with Crippen LogP contribution in [0.2, 0.25) is 0 Å². The Morgan fingerprint density at radius 3 is 2.70 bits per heavy atom. The van der Waals surface area contributed by atoms with Crippen molar-refractivity contribution >= 4 is 50.6 Å². The van der Waals surface area contributed by atoms with E-state index in [0.29, 0.717) is 6.04 Å². The van der Waals surface area contributed by atoms with Gasteiger partial charge in [-0.3, -0.25) is 6.08 Å². The Hall–Kier alpha value is -0.247. The summed E-state index contributed by atoms with van der Waals surface area (Å²) in [6.45, 7) is 0. The van der Waals surface area contributed by atoms with Crippen LogP contribution in [-0.2, 0) is 26.2 Å². The molecule has 6 heteroatoms. The fourth-order valence-electron chi connectivity index (χ4n) is 4.35. The summed E-state index contributed by atoms with van der Waals surface area (Å²) in [6.07, 6.45) is 6.85. The first-order valence-electron chi connectivity index (χ1n) is 8.12. The molecule has 1 nitrogen and oxygen atoms in total. The predicted octanol–water partition coefficient (Wildman–Crippen LogP) is 0.0484. The van der Waals surface area contributed by atoms with E-state index in [9.17, 15) is 0 Å². The fraction of sp³-hybridized carbons (Fsp3) is 0.143. The van der Waals surface area contributed by atoms with E-state index >= 15 is 0 Å². The summed E-state index contributed by atoms with van der Waals surface area (Å²) in [5, 5.41) is 0. The Morgan fingerprint density at radius 1 is 1.19 bits per heavy atom. The van der Waals surface area contributed by atoms with E-state index in [2.05, 4.69) is 76.4 Å². The number of fused-ring (bicyclic) bond motifs is 6. The topological polar surface area (TPSA) is 3.24 Å². The van der Waals surface area contributed by atoms with E-state index in [1.54, 1.807) is 0 Å². The summed E-state index contributed by atoms with van der Waals surface area (Å²) in [5.74, 6) is 0. The van der Waals surface area contributed by atoms with Crippen LogP contribution in [0, 0.1) is 6.08 Å². The van der Waals surface area contributed by atoms with Crippen LogP contribution in [0.5, 0.6) is 0 Å². The first-order valence-corrected chi connectivity index (χ1v) is 9.73. The second-order valence-electron chi connectivity index (χ2n) is 6.68. The number of rotatable bonds is 1. The van der Waals surface area contributed by atoms with Crippen LogP contribution in [0.25, 0.3) is 17.2 Å². The third-order valence-electron chi connectivity index (χ3n) is 5.44. The third kappa shape index (κ3) is 2.99. The first-order chi connectivity index (χ1) is 11.7. The summed E-state index contributed by atoms with van der Waals surface area (Å²) in [4.78, 5) is 5.27. The maximum atomic E-state index is 3.61. The number of halogens is 3. The molecule has 2 heterocycles. The number of hydrogen-bond acceptors (Lipinski definition) is 2. The quantitative estimate of drug-likeness (QED) is 0.363. The maximum Gasteiger partial charge on any atom is 3.00 e. The molecule has 2 aromatic rings. The molecule has 6 rings (SSSR count). The van der Waals surface area contributed by atoms with Gasteiger partial charge in [-0.1, -0.05) is 40.5 Å². The zero-order valence-electron chi connectivity index (χ0n) is 14.3. The van der Waals surface area contributed by atoms with Crippen molar-refractivity contribution in [2.24, 2.45) is 0 Å². The normalized spacial score (nSPS) is 19.6. The van der Waals surface area contributed by atoms with Crippen molar-refractivity contribution < 1.29 is 51.0 Å². The number of allylic oxidation sites excluding steroid dienone is 2. The van der Waals surface area contributed by atoms with E-state index in [0.717, 1.165) is 10.9 Å². The summed E-state index contributed by atoms with van der Waals surface area (Å²) in [5.41, 5.74) is 9.85. The molecule has 0 amide bonds. The Labute approximate surface area is 203 Å². The molecule has 2 aliphatic carbocycles. The number of anilines is 1. The van der Waals surface area contributed by atoms with Crippen LogP contribution in [0.3, 0.4) is 0 Å². The molecule has 0 saturated carbocycles. The standard InChI is InChI=1S/C21H13BrNS.2ClH.Zr/c1-23-17-4-2-3-14(15-7-8-18-21(15)24-18)19(17)16-10-11-9-12(22)5-6-13(11)20(16)23;;;/h2-6,9-10,20H,7H2,1H3;2*1H;/q-1;;;+3/p-2. The van der Waals surface area contributed by atoms with Crippen LogP contribution in [-0.4, -0.2) is 7.05 Å². The average molecular weight is 553 g/mol. The van der Waals surface area contributed by atoms with Crippen LogP contribution in [0.15, 0.2) is 50.7 Å². The molecule has 1 saturated heterocycles. The number of likely N-dealkylation sites (N-methyl/N-ethyl adjacent to an activating group) is 1. The van der Waals surface area contributed by atoms with Gasteiger partial charge in [0, 0.05) is 22.8 Å². The van der Waals surface area contributed by atoms with E-state index in [1.165, 1.54) is 48.9 Å². The zero-order chi connectivity index (χ0) is 16.0. The first kappa shape index (κ1) is 21.5. The molecule has 0 spiro atoms. The van der Waals surface area contributed by atoms with Crippen molar-refractivity contribution in [1.29, 1.82) is 0 Å². The van der Waals surface area contributed by atoms with E-state index in [4.69, 9.17) is 0 Å². The van der Waals surface area contributed by atoms with Crippen LogP contribution >= 0.6 is 27.7 Å². The van der Waals surface area contributed by atoms with Gasteiger partial charge < -0.3 is 29.7 Å². The van der Waals surface area contributed by atoms with E-state index < -0.39 is 0 Å². The summed E-state index contributed by atoms with van der Waals surface area (Å²) >= 11 is 5.50. The van der Waals surface area contributed by atoms with Crippen molar-refractivity contribution in [3.05, 3.63) is 79.0 Å². The third-order valence-corrected chi connectivity index (χ3v) is 6.94. The minimum atomic E-state index is 0. The monoisotopic (exact) mass is 550 g/mol. The Kier molecular flexibility index (Phi) is 5.99. The Balaban J connectivity index is 0.000000701. The summed E-state index contributed by atoms with van der Waals surface area (Å²) in [6, 6.07) is 13.7. The molecule has 133 valence electrons. The molecule has 0 bridgehead atoms.